The molecule has 3 rings (SSSR count). The summed E-state index contributed by atoms with van der Waals surface area (Å²) in [5.41, 5.74) is 1.18. The monoisotopic (exact) mass is 421 g/mol. The van der Waals surface area contributed by atoms with Crippen molar-refractivity contribution >= 4 is 18.0 Å². The number of aromatic nitrogens is 2. The number of nitrogens with zero attached hydrogens (tertiary/aromatic N) is 2. The molecule has 1 unspecified atom stereocenters. The molecular weight excluding hydrogens is 401 g/mol. The van der Waals surface area contributed by atoms with E-state index in [-0.39, 0.29) is 11.5 Å². The summed E-state index contributed by atoms with van der Waals surface area (Å²) in [6.07, 6.45) is 1.50. The summed E-state index contributed by atoms with van der Waals surface area (Å²) in [5, 5.41) is 2.53. The van der Waals surface area contributed by atoms with E-state index in [1.807, 2.05) is 0 Å². The molecule has 0 spiro atoms. The lowest BCUT2D eigenvalue weighted by molar-refractivity contribution is -0.142. The minimum absolute atomic E-state index is 0.0855. The van der Waals surface area contributed by atoms with E-state index >= 15 is 0 Å². The van der Waals surface area contributed by atoms with E-state index in [0.29, 0.717) is 28.6 Å². The Bertz CT molecular complexity index is 1100. The van der Waals surface area contributed by atoms with Crippen LogP contribution in [0.4, 0.5) is 4.39 Å². The molecule has 0 radical (unpaired) electrons. The standard InChI is InChI=1S/C23H20FN3O4/c1-4-17-13-20(22(28)25-14(2)23(29)30-3)27-21(26-17)15-5-9-18(10-6-15)31-19-11-7-16(24)8-12-19/h4-14H,1H2,2-3H3,(H,25,28). The van der Waals surface area contributed by atoms with Gasteiger partial charge in [-0.05, 0) is 67.6 Å². The summed E-state index contributed by atoms with van der Waals surface area (Å²) >= 11 is 0. The average Bonchev–Trinajstić information content (AvgIpc) is 2.80. The molecule has 7 nitrogen and oxygen atoms in total. The minimum atomic E-state index is -0.828. The fourth-order valence-corrected chi connectivity index (χ4v) is 2.63. The Morgan fingerprint density at radius 1 is 1.06 bits per heavy atom. The Morgan fingerprint density at radius 2 is 1.68 bits per heavy atom. The lowest BCUT2D eigenvalue weighted by Crippen LogP contribution is -2.39. The van der Waals surface area contributed by atoms with Crippen LogP contribution < -0.4 is 10.1 Å². The van der Waals surface area contributed by atoms with E-state index in [0.717, 1.165) is 0 Å². The summed E-state index contributed by atoms with van der Waals surface area (Å²) in [5.74, 6) is -0.105. The van der Waals surface area contributed by atoms with Crippen LogP contribution in [0, 0.1) is 5.82 Å². The molecular formula is C23H20FN3O4. The van der Waals surface area contributed by atoms with E-state index in [9.17, 15) is 14.0 Å². The van der Waals surface area contributed by atoms with Crippen molar-refractivity contribution in [2.24, 2.45) is 0 Å². The largest absolute Gasteiger partial charge is 0.467 e. The number of esters is 1. The van der Waals surface area contributed by atoms with Crippen molar-refractivity contribution in [1.82, 2.24) is 15.3 Å². The number of hydrogen-bond donors (Lipinski definition) is 1. The fourth-order valence-electron chi connectivity index (χ4n) is 2.63. The molecule has 158 valence electrons. The van der Waals surface area contributed by atoms with Crippen molar-refractivity contribution in [3.63, 3.8) is 0 Å². The second-order valence-electron chi connectivity index (χ2n) is 6.50. The van der Waals surface area contributed by atoms with Gasteiger partial charge in [0.1, 0.15) is 29.1 Å². The van der Waals surface area contributed by atoms with Gasteiger partial charge in [-0.3, -0.25) is 4.79 Å². The fraction of sp³-hybridized carbons (Fsp3) is 0.130. The summed E-state index contributed by atoms with van der Waals surface area (Å²) in [6.45, 7) is 5.21. The van der Waals surface area contributed by atoms with Gasteiger partial charge in [0, 0.05) is 5.56 Å². The van der Waals surface area contributed by atoms with E-state index in [1.165, 1.54) is 50.4 Å². The van der Waals surface area contributed by atoms with Gasteiger partial charge in [-0.2, -0.15) is 0 Å². The zero-order valence-electron chi connectivity index (χ0n) is 17.0. The maximum atomic E-state index is 13.0. The molecule has 1 aromatic heterocycles. The quantitative estimate of drug-likeness (QED) is 0.580. The highest BCUT2D eigenvalue weighted by Gasteiger charge is 2.19. The van der Waals surface area contributed by atoms with Gasteiger partial charge in [0.15, 0.2) is 5.82 Å². The van der Waals surface area contributed by atoms with E-state index in [1.54, 1.807) is 24.3 Å². The van der Waals surface area contributed by atoms with Crippen molar-refractivity contribution in [1.29, 1.82) is 0 Å². The average molecular weight is 421 g/mol. The predicted octanol–water partition coefficient (Wildman–Crippen LogP) is 4.01. The van der Waals surface area contributed by atoms with Crippen LogP contribution in [0.1, 0.15) is 23.1 Å². The summed E-state index contributed by atoms with van der Waals surface area (Å²) in [4.78, 5) is 32.8. The molecule has 8 heteroatoms. The Morgan fingerprint density at radius 3 is 2.26 bits per heavy atom. The maximum absolute atomic E-state index is 13.0. The highest BCUT2D eigenvalue weighted by atomic mass is 19.1. The number of nitrogens with one attached hydrogen (secondary N) is 1. The molecule has 0 aliphatic carbocycles. The molecule has 2 aromatic carbocycles. The normalized spacial score (nSPS) is 11.3. The SMILES string of the molecule is C=Cc1cc(C(=O)NC(C)C(=O)OC)nc(-c2ccc(Oc3ccc(F)cc3)cc2)n1. The molecule has 1 N–H and O–H groups in total. The smallest absolute Gasteiger partial charge is 0.328 e. The van der Waals surface area contributed by atoms with Crippen LogP contribution in [-0.4, -0.2) is 35.0 Å². The molecule has 1 amide bonds. The van der Waals surface area contributed by atoms with Crippen LogP contribution in [-0.2, 0) is 9.53 Å². The Kier molecular flexibility index (Phi) is 6.71. The number of halogens is 1. The number of methoxy groups -OCH3 is 1. The van der Waals surface area contributed by atoms with Crippen molar-refractivity contribution in [3.05, 3.63) is 78.4 Å². The van der Waals surface area contributed by atoms with Crippen LogP contribution in [0.25, 0.3) is 17.5 Å². The van der Waals surface area contributed by atoms with Gasteiger partial charge in [-0.1, -0.05) is 6.58 Å². The molecule has 3 aromatic rings. The zero-order chi connectivity index (χ0) is 22.4. The van der Waals surface area contributed by atoms with Gasteiger partial charge in [-0.25, -0.2) is 19.2 Å². The van der Waals surface area contributed by atoms with Gasteiger partial charge in [-0.15, -0.1) is 0 Å². The third kappa shape index (κ3) is 5.51. The number of rotatable bonds is 7. The molecule has 0 saturated carbocycles. The first-order chi connectivity index (χ1) is 14.9. The van der Waals surface area contributed by atoms with E-state index in [2.05, 4.69) is 26.6 Å². The lowest BCUT2D eigenvalue weighted by atomic mass is 10.2. The number of carbonyl (C=O) groups is 2. The second kappa shape index (κ2) is 9.62. The van der Waals surface area contributed by atoms with E-state index in [4.69, 9.17) is 4.74 Å². The van der Waals surface area contributed by atoms with Crippen LogP contribution in [0.2, 0.25) is 0 Å². The predicted molar refractivity (Wildman–Crippen MR) is 113 cm³/mol. The third-order valence-electron chi connectivity index (χ3n) is 4.25. The third-order valence-corrected chi connectivity index (χ3v) is 4.25. The number of benzene rings is 2. The van der Waals surface area contributed by atoms with Crippen LogP contribution >= 0.6 is 0 Å². The molecule has 0 fully saturated rings. The summed E-state index contributed by atoms with van der Waals surface area (Å²) < 4.78 is 23.3. The van der Waals surface area contributed by atoms with Crippen molar-refractivity contribution in [2.45, 2.75) is 13.0 Å². The van der Waals surface area contributed by atoms with Crippen LogP contribution in [0.3, 0.4) is 0 Å². The summed E-state index contributed by atoms with van der Waals surface area (Å²) in [7, 11) is 1.24. The summed E-state index contributed by atoms with van der Waals surface area (Å²) in [6, 6.07) is 13.2. The Labute approximate surface area is 178 Å². The first-order valence-electron chi connectivity index (χ1n) is 9.33. The van der Waals surface area contributed by atoms with Crippen molar-refractivity contribution in [3.8, 4) is 22.9 Å². The highest BCUT2D eigenvalue weighted by molar-refractivity contribution is 5.95. The number of hydrogen-bond acceptors (Lipinski definition) is 6. The van der Waals surface area contributed by atoms with E-state index < -0.39 is 17.9 Å². The van der Waals surface area contributed by atoms with Gasteiger partial charge in [0.25, 0.3) is 5.91 Å². The first-order valence-corrected chi connectivity index (χ1v) is 9.33. The molecule has 0 aliphatic rings. The Balaban J connectivity index is 1.82. The number of amides is 1. The highest BCUT2D eigenvalue weighted by Crippen LogP contribution is 2.25. The second-order valence-corrected chi connectivity index (χ2v) is 6.50. The van der Waals surface area contributed by atoms with Crippen molar-refractivity contribution in [2.75, 3.05) is 7.11 Å². The molecule has 0 aliphatic heterocycles. The molecule has 1 atom stereocenters. The van der Waals surface area contributed by atoms with Gasteiger partial charge in [0.05, 0.1) is 12.8 Å². The topological polar surface area (TPSA) is 90.4 Å². The lowest BCUT2D eigenvalue weighted by Gasteiger charge is -2.12. The molecule has 0 bridgehead atoms. The zero-order valence-corrected chi connectivity index (χ0v) is 17.0. The Hall–Kier alpha value is -4.07. The molecule has 0 saturated heterocycles. The van der Waals surface area contributed by atoms with Gasteiger partial charge < -0.3 is 14.8 Å². The number of carbonyl (C=O) groups excluding carboxylic acids is 2. The van der Waals surface area contributed by atoms with Crippen LogP contribution in [0.15, 0.2) is 61.2 Å². The van der Waals surface area contributed by atoms with Gasteiger partial charge in [0.2, 0.25) is 0 Å². The van der Waals surface area contributed by atoms with Gasteiger partial charge >= 0.3 is 5.97 Å². The van der Waals surface area contributed by atoms with Crippen molar-refractivity contribution < 1.29 is 23.5 Å². The first kappa shape index (κ1) is 21.6. The molecule has 31 heavy (non-hydrogen) atoms. The molecule has 1 heterocycles. The number of ether oxygens (including phenoxy) is 2. The maximum Gasteiger partial charge on any atom is 0.328 e. The minimum Gasteiger partial charge on any atom is -0.467 e. The van der Waals surface area contributed by atoms with Crippen LogP contribution in [0.5, 0.6) is 11.5 Å².